The van der Waals surface area contributed by atoms with Crippen molar-refractivity contribution in [1.29, 1.82) is 0 Å². The van der Waals surface area contributed by atoms with E-state index >= 15 is 0 Å². The molecular formula is C15H30O4. The molecule has 0 heterocycles. The Morgan fingerprint density at radius 2 is 1.68 bits per heavy atom. The number of rotatable bonds is 14. The number of ether oxygens (including phenoxy) is 3. The van der Waals surface area contributed by atoms with Gasteiger partial charge in [0, 0.05) is 13.7 Å². The summed E-state index contributed by atoms with van der Waals surface area (Å²) in [5, 5.41) is 8.56. The topological polar surface area (TPSA) is 47.9 Å². The molecule has 0 aromatic carbocycles. The summed E-state index contributed by atoms with van der Waals surface area (Å²) >= 11 is 0. The SMILES string of the molecule is COC(C)OCOCCCCCCCCC=CCO. The van der Waals surface area contributed by atoms with E-state index in [0.717, 1.165) is 19.4 Å². The smallest absolute Gasteiger partial charge is 0.157 e. The zero-order valence-electron chi connectivity index (χ0n) is 12.5. The molecule has 19 heavy (non-hydrogen) atoms. The quantitative estimate of drug-likeness (QED) is 0.300. The van der Waals surface area contributed by atoms with E-state index in [-0.39, 0.29) is 12.9 Å². The molecule has 0 spiro atoms. The molecule has 0 saturated carbocycles. The number of unbranched alkanes of at least 4 members (excludes halogenated alkanes) is 6. The molecule has 1 N–H and O–H groups in total. The first-order chi connectivity index (χ1) is 9.31. The number of aliphatic hydroxyl groups excluding tert-OH is 1. The summed E-state index contributed by atoms with van der Waals surface area (Å²) in [5.41, 5.74) is 0. The highest BCUT2D eigenvalue weighted by Gasteiger charge is 1.97. The van der Waals surface area contributed by atoms with Gasteiger partial charge in [-0.2, -0.15) is 0 Å². The van der Waals surface area contributed by atoms with Crippen molar-refractivity contribution in [1.82, 2.24) is 0 Å². The fourth-order valence-electron chi connectivity index (χ4n) is 1.64. The van der Waals surface area contributed by atoms with Crippen molar-refractivity contribution < 1.29 is 19.3 Å². The van der Waals surface area contributed by atoms with Crippen LogP contribution in [0.5, 0.6) is 0 Å². The molecule has 0 aliphatic rings. The van der Waals surface area contributed by atoms with E-state index in [1.165, 1.54) is 32.1 Å². The van der Waals surface area contributed by atoms with Gasteiger partial charge in [0.1, 0.15) is 6.79 Å². The second kappa shape index (κ2) is 15.6. The van der Waals surface area contributed by atoms with Crippen molar-refractivity contribution in [3.8, 4) is 0 Å². The van der Waals surface area contributed by atoms with Gasteiger partial charge in [-0.15, -0.1) is 0 Å². The van der Waals surface area contributed by atoms with Crippen LogP contribution in [0, 0.1) is 0 Å². The average Bonchev–Trinajstić information content (AvgIpc) is 2.43. The summed E-state index contributed by atoms with van der Waals surface area (Å²) in [4.78, 5) is 0. The van der Waals surface area contributed by atoms with Gasteiger partial charge in [0.25, 0.3) is 0 Å². The van der Waals surface area contributed by atoms with E-state index in [1.54, 1.807) is 7.11 Å². The highest BCUT2D eigenvalue weighted by Crippen LogP contribution is 2.07. The van der Waals surface area contributed by atoms with Gasteiger partial charge in [0.05, 0.1) is 6.61 Å². The van der Waals surface area contributed by atoms with E-state index in [0.29, 0.717) is 6.79 Å². The first-order valence-electron chi connectivity index (χ1n) is 7.29. The van der Waals surface area contributed by atoms with Crippen molar-refractivity contribution in [3.63, 3.8) is 0 Å². The van der Waals surface area contributed by atoms with Crippen molar-refractivity contribution in [2.45, 2.75) is 58.2 Å². The molecule has 114 valence electrons. The highest BCUT2D eigenvalue weighted by molar-refractivity contribution is 4.80. The van der Waals surface area contributed by atoms with Gasteiger partial charge in [-0.3, -0.25) is 0 Å². The highest BCUT2D eigenvalue weighted by atomic mass is 16.7. The molecule has 0 bridgehead atoms. The second-order valence-electron chi connectivity index (χ2n) is 4.56. The van der Waals surface area contributed by atoms with E-state index in [4.69, 9.17) is 19.3 Å². The maximum atomic E-state index is 8.56. The lowest BCUT2D eigenvalue weighted by Crippen LogP contribution is -2.13. The molecule has 4 nitrogen and oxygen atoms in total. The molecule has 1 atom stereocenters. The minimum absolute atomic E-state index is 0.160. The number of methoxy groups -OCH3 is 1. The van der Waals surface area contributed by atoms with Crippen molar-refractivity contribution in [2.24, 2.45) is 0 Å². The zero-order valence-corrected chi connectivity index (χ0v) is 12.5. The van der Waals surface area contributed by atoms with Crippen LogP contribution in [-0.2, 0) is 14.2 Å². The van der Waals surface area contributed by atoms with Crippen molar-refractivity contribution in [3.05, 3.63) is 12.2 Å². The predicted octanol–water partition coefficient (Wildman–Crippen LogP) is 3.25. The molecule has 4 heteroatoms. The predicted molar refractivity (Wildman–Crippen MR) is 76.9 cm³/mol. The van der Waals surface area contributed by atoms with Crippen LogP contribution >= 0.6 is 0 Å². The maximum Gasteiger partial charge on any atom is 0.157 e. The van der Waals surface area contributed by atoms with Crippen LogP contribution < -0.4 is 0 Å². The lowest BCUT2D eigenvalue weighted by molar-refractivity contribution is -0.174. The number of allylic oxidation sites excluding steroid dienone is 1. The molecule has 0 saturated heterocycles. The minimum Gasteiger partial charge on any atom is -0.392 e. The van der Waals surface area contributed by atoms with Gasteiger partial charge in [-0.25, -0.2) is 0 Å². The van der Waals surface area contributed by atoms with Crippen LogP contribution in [0.15, 0.2) is 12.2 Å². The van der Waals surface area contributed by atoms with Crippen LogP contribution in [0.3, 0.4) is 0 Å². The Morgan fingerprint density at radius 1 is 1.00 bits per heavy atom. The first-order valence-corrected chi connectivity index (χ1v) is 7.29. The van der Waals surface area contributed by atoms with Crippen LogP contribution in [0.25, 0.3) is 0 Å². The van der Waals surface area contributed by atoms with E-state index in [9.17, 15) is 0 Å². The van der Waals surface area contributed by atoms with Crippen LogP contribution in [-0.4, -0.2) is 38.5 Å². The van der Waals surface area contributed by atoms with Gasteiger partial charge >= 0.3 is 0 Å². The van der Waals surface area contributed by atoms with E-state index in [1.807, 2.05) is 13.0 Å². The van der Waals surface area contributed by atoms with Crippen molar-refractivity contribution in [2.75, 3.05) is 27.1 Å². The van der Waals surface area contributed by atoms with Gasteiger partial charge in [0.2, 0.25) is 0 Å². The summed E-state index contributed by atoms with van der Waals surface area (Å²) in [6.07, 6.45) is 12.1. The Balaban J connectivity index is 3.01. The summed E-state index contributed by atoms with van der Waals surface area (Å²) in [5.74, 6) is 0. The molecule has 0 aromatic heterocycles. The normalized spacial score (nSPS) is 13.2. The Labute approximate surface area is 117 Å². The molecule has 1 unspecified atom stereocenters. The van der Waals surface area contributed by atoms with E-state index < -0.39 is 0 Å². The van der Waals surface area contributed by atoms with Gasteiger partial charge in [0.15, 0.2) is 6.29 Å². The first kappa shape index (κ1) is 18.6. The molecule has 0 fully saturated rings. The molecular weight excluding hydrogens is 244 g/mol. The Morgan fingerprint density at radius 3 is 2.37 bits per heavy atom. The lowest BCUT2D eigenvalue weighted by atomic mass is 10.1. The number of hydrogen-bond acceptors (Lipinski definition) is 4. The Kier molecular flexibility index (Phi) is 15.3. The lowest BCUT2D eigenvalue weighted by Gasteiger charge is -2.10. The third kappa shape index (κ3) is 15.5. The standard InChI is InChI=1S/C15H30O4/c1-15(17-2)19-14-18-13-11-9-7-5-3-4-6-8-10-12-16/h8,10,15-16H,3-7,9,11-14H2,1-2H3. The van der Waals surface area contributed by atoms with Crippen molar-refractivity contribution >= 4 is 0 Å². The zero-order chi connectivity index (χ0) is 14.2. The number of hydrogen-bond donors (Lipinski definition) is 1. The fraction of sp³-hybridized carbons (Fsp3) is 0.867. The molecule has 0 aliphatic heterocycles. The molecule has 0 aliphatic carbocycles. The average molecular weight is 274 g/mol. The number of aliphatic hydroxyl groups is 1. The molecule has 0 rings (SSSR count). The van der Waals surface area contributed by atoms with Crippen LogP contribution in [0.4, 0.5) is 0 Å². The molecule has 0 radical (unpaired) electrons. The molecule has 0 amide bonds. The maximum absolute atomic E-state index is 8.56. The van der Waals surface area contributed by atoms with E-state index in [2.05, 4.69) is 6.08 Å². The second-order valence-corrected chi connectivity index (χ2v) is 4.56. The Bertz CT molecular complexity index is 195. The third-order valence-electron chi connectivity index (χ3n) is 2.90. The summed E-state index contributed by atoms with van der Waals surface area (Å²) in [6, 6.07) is 0. The van der Waals surface area contributed by atoms with Gasteiger partial charge in [-0.1, -0.05) is 37.8 Å². The fourth-order valence-corrected chi connectivity index (χ4v) is 1.64. The third-order valence-corrected chi connectivity index (χ3v) is 2.90. The largest absolute Gasteiger partial charge is 0.392 e. The molecule has 0 aromatic rings. The monoisotopic (exact) mass is 274 g/mol. The Hall–Kier alpha value is -0.420. The van der Waals surface area contributed by atoms with Gasteiger partial charge in [-0.05, 0) is 26.2 Å². The minimum atomic E-state index is -0.195. The summed E-state index contributed by atoms with van der Waals surface area (Å²) in [7, 11) is 1.62. The van der Waals surface area contributed by atoms with Crippen LogP contribution in [0.1, 0.15) is 51.9 Å². The summed E-state index contributed by atoms with van der Waals surface area (Å²) in [6.45, 7) is 3.08. The summed E-state index contributed by atoms with van der Waals surface area (Å²) < 4.78 is 15.5. The van der Waals surface area contributed by atoms with Gasteiger partial charge < -0.3 is 19.3 Å². The van der Waals surface area contributed by atoms with Crippen LogP contribution in [0.2, 0.25) is 0 Å².